The Morgan fingerprint density at radius 3 is 2.58 bits per heavy atom. The molecule has 0 aliphatic rings. The van der Waals surface area contributed by atoms with Gasteiger partial charge < -0.3 is 18.8 Å². The first kappa shape index (κ1) is 24.9. The van der Waals surface area contributed by atoms with E-state index in [9.17, 15) is 9.18 Å². The van der Waals surface area contributed by atoms with Gasteiger partial charge in [0.15, 0.2) is 0 Å². The van der Waals surface area contributed by atoms with Gasteiger partial charge >= 0.3 is 5.97 Å². The standard InChI is InChI=1S/C24H32FN3O4Si/c1-7-31-19-10-9-17(25)13-18(19)21-23-22(27-14-26-21)20(24(29)32-8-2)16(3)28(23)15-30-11-12-33(4,5)6/h9-10,13-14H,7-8,11-12,15H2,1-6H3. The number of esters is 1. The van der Waals surface area contributed by atoms with Gasteiger partial charge in [-0.25, -0.2) is 19.2 Å². The average molecular weight is 474 g/mol. The molecule has 3 aromatic rings. The molecule has 0 fully saturated rings. The van der Waals surface area contributed by atoms with Crippen molar-refractivity contribution in [2.75, 3.05) is 19.8 Å². The summed E-state index contributed by atoms with van der Waals surface area (Å²) in [6.45, 7) is 13.8. The molecule has 33 heavy (non-hydrogen) atoms. The maximum atomic E-state index is 14.2. The molecule has 0 N–H and O–H groups in total. The van der Waals surface area contributed by atoms with Crippen LogP contribution in [0.2, 0.25) is 25.7 Å². The highest BCUT2D eigenvalue weighted by Gasteiger charge is 2.26. The van der Waals surface area contributed by atoms with Crippen molar-refractivity contribution in [1.82, 2.24) is 14.5 Å². The Balaban J connectivity index is 2.19. The zero-order valence-corrected chi connectivity index (χ0v) is 21.2. The molecule has 3 rings (SSSR count). The maximum absolute atomic E-state index is 14.2. The monoisotopic (exact) mass is 473 g/mol. The van der Waals surface area contributed by atoms with Crippen molar-refractivity contribution in [3.63, 3.8) is 0 Å². The number of hydrogen-bond donors (Lipinski definition) is 0. The second-order valence-electron chi connectivity index (χ2n) is 8.95. The molecule has 0 amide bonds. The fraction of sp³-hybridized carbons (Fsp3) is 0.458. The van der Waals surface area contributed by atoms with Gasteiger partial charge in [-0.15, -0.1) is 0 Å². The largest absolute Gasteiger partial charge is 0.493 e. The lowest BCUT2D eigenvalue weighted by molar-refractivity contribution is 0.0525. The molecule has 0 aliphatic carbocycles. The molecule has 7 nitrogen and oxygen atoms in total. The van der Waals surface area contributed by atoms with Crippen molar-refractivity contribution in [3.8, 4) is 17.0 Å². The van der Waals surface area contributed by atoms with Gasteiger partial charge in [0.2, 0.25) is 0 Å². The fourth-order valence-electron chi connectivity index (χ4n) is 3.60. The van der Waals surface area contributed by atoms with Crippen molar-refractivity contribution >= 4 is 25.1 Å². The first-order chi connectivity index (χ1) is 15.7. The van der Waals surface area contributed by atoms with E-state index in [4.69, 9.17) is 14.2 Å². The predicted octanol–water partition coefficient (Wildman–Crippen LogP) is 5.43. The Bertz CT molecular complexity index is 1140. The minimum absolute atomic E-state index is 0.214. The molecule has 0 aliphatic heterocycles. The number of nitrogens with zero attached hydrogens (tertiary/aromatic N) is 3. The van der Waals surface area contributed by atoms with Gasteiger partial charge in [-0.05, 0) is 45.0 Å². The minimum Gasteiger partial charge on any atom is -0.493 e. The summed E-state index contributed by atoms with van der Waals surface area (Å²) in [5.74, 6) is -0.372. The smallest absolute Gasteiger partial charge is 0.342 e. The molecule has 1 aromatic carbocycles. The van der Waals surface area contributed by atoms with E-state index in [2.05, 4.69) is 29.6 Å². The molecule has 0 saturated carbocycles. The molecule has 178 valence electrons. The molecule has 2 aromatic heterocycles. The van der Waals surface area contributed by atoms with Crippen LogP contribution in [0.15, 0.2) is 24.5 Å². The van der Waals surface area contributed by atoms with Crippen LogP contribution >= 0.6 is 0 Å². The number of ether oxygens (including phenoxy) is 3. The molecule has 0 unspecified atom stereocenters. The summed E-state index contributed by atoms with van der Waals surface area (Å²) in [6.07, 6.45) is 1.37. The van der Waals surface area contributed by atoms with Crippen LogP contribution in [-0.4, -0.2) is 48.4 Å². The van der Waals surface area contributed by atoms with Gasteiger partial charge in [0.05, 0.1) is 18.7 Å². The highest BCUT2D eigenvalue weighted by Crippen LogP contribution is 2.36. The van der Waals surface area contributed by atoms with Gasteiger partial charge in [-0.3, -0.25) is 0 Å². The van der Waals surface area contributed by atoms with Gasteiger partial charge in [0, 0.05) is 25.9 Å². The van der Waals surface area contributed by atoms with E-state index in [1.54, 1.807) is 13.0 Å². The molecular formula is C24H32FN3O4Si. The number of rotatable bonds is 10. The number of benzene rings is 1. The van der Waals surface area contributed by atoms with Crippen molar-refractivity contribution < 1.29 is 23.4 Å². The first-order valence-corrected chi connectivity index (χ1v) is 14.9. The lowest BCUT2D eigenvalue weighted by atomic mass is 10.1. The van der Waals surface area contributed by atoms with Gasteiger partial charge in [-0.2, -0.15) is 0 Å². The lowest BCUT2D eigenvalue weighted by Crippen LogP contribution is -2.22. The SMILES string of the molecule is CCOC(=O)c1c(C)n(COCC[Si](C)(C)C)c2c(-c3cc(F)ccc3OCC)ncnc12. The Kier molecular flexibility index (Phi) is 7.86. The van der Waals surface area contributed by atoms with Gasteiger partial charge in [-0.1, -0.05) is 19.6 Å². The summed E-state index contributed by atoms with van der Waals surface area (Å²) in [5.41, 5.74) is 3.00. The highest BCUT2D eigenvalue weighted by molar-refractivity contribution is 6.76. The van der Waals surface area contributed by atoms with Crippen molar-refractivity contribution in [1.29, 1.82) is 0 Å². The fourth-order valence-corrected chi connectivity index (χ4v) is 4.36. The van der Waals surface area contributed by atoms with E-state index in [1.807, 2.05) is 18.4 Å². The van der Waals surface area contributed by atoms with Crippen LogP contribution in [0.1, 0.15) is 29.9 Å². The Morgan fingerprint density at radius 1 is 1.15 bits per heavy atom. The number of hydrogen-bond acceptors (Lipinski definition) is 6. The van der Waals surface area contributed by atoms with Crippen molar-refractivity contribution in [2.24, 2.45) is 0 Å². The number of aromatic nitrogens is 3. The van der Waals surface area contributed by atoms with E-state index in [-0.39, 0.29) is 13.3 Å². The second kappa shape index (κ2) is 10.4. The Labute approximate surface area is 194 Å². The average Bonchev–Trinajstić information content (AvgIpc) is 3.03. The first-order valence-electron chi connectivity index (χ1n) is 11.2. The third-order valence-electron chi connectivity index (χ3n) is 5.29. The topological polar surface area (TPSA) is 75.5 Å². The van der Waals surface area contributed by atoms with Crippen molar-refractivity contribution in [3.05, 3.63) is 41.6 Å². The van der Waals surface area contributed by atoms with E-state index in [0.717, 1.165) is 6.04 Å². The molecule has 0 saturated heterocycles. The normalized spacial score (nSPS) is 11.7. The minimum atomic E-state index is -1.26. The molecule has 0 bridgehead atoms. The maximum Gasteiger partial charge on any atom is 0.342 e. The second-order valence-corrected chi connectivity index (χ2v) is 14.6. The summed E-state index contributed by atoms with van der Waals surface area (Å²) in [4.78, 5) is 21.7. The Morgan fingerprint density at radius 2 is 1.91 bits per heavy atom. The zero-order chi connectivity index (χ0) is 24.2. The van der Waals surface area contributed by atoms with Crippen LogP contribution in [0.25, 0.3) is 22.3 Å². The van der Waals surface area contributed by atoms with Crippen molar-refractivity contribution in [2.45, 2.75) is 53.2 Å². The third kappa shape index (κ3) is 5.59. The Hall–Kier alpha value is -2.78. The summed E-state index contributed by atoms with van der Waals surface area (Å²) in [5, 5.41) is 0. The van der Waals surface area contributed by atoms with Crippen LogP contribution in [0.3, 0.4) is 0 Å². The number of carbonyl (C=O) groups is 1. The van der Waals surface area contributed by atoms with Gasteiger partial charge in [0.1, 0.15) is 41.4 Å². The molecule has 0 radical (unpaired) electrons. The van der Waals surface area contributed by atoms with Gasteiger partial charge in [0.25, 0.3) is 0 Å². The van der Waals surface area contributed by atoms with Crippen LogP contribution < -0.4 is 4.74 Å². The van der Waals surface area contributed by atoms with Crippen LogP contribution in [0, 0.1) is 12.7 Å². The summed E-state index contributed by atoms with van der Waals surface area (Å²) >= 11 is 0. The van der Waals surface area contributed by atoms with E-state index in [0.29, 0.717) is 52.5 Å². The highest BCUT2D eigenvalue weighted by atomic mass is 28.3. The summed E-state index contributed by atoms with van der Waals surface area (Å²) in [6, 6.07) is 5.33. The summed E-state index contributed by atoms with van der Waals surface area (Å²) < 4.78 is 33.2. The van der Waals surface area contributed by atoms with E-state index in [1.165, 1.54) is 18.5 Å². The predicted molar refractivity (Wildman–Crippen MR) is 129 cm³/mol. The lowest BCUT2D eigenvalue weighted by Gasteiger charge is -2.17. The van der Waals surface area contributed by atoms with Crippen LogP contribution in [0.5, 0.6) is 5.75 Å². The van der Waals surface area contributed by atoms with E-state index >= 15 is 0 Å². The zero-order valence-electron chi connectivity index (χ0n) is 20.2. The number of carbonyl (C=O) groups excluding carboxylic acids is 1. The third-order valence-corrected chi connectivity index (χ3v) is 6.99. The summed E-state index contributed by atoms with van der Waals surface area (Å²) in [7, 11) is -1.26. The van der Waals surface area contributed by atoms with Crippen LogP contribution in [0.4, 0.5) is 4.39 Å². The number of fused-ring (bicyclic) bond motifs is 1. The molecular weight excluding hydrogens is 441 g/mol. The van der Waals surface area contributed by atoms with Crippen LogP contribution in [-0.2, 0) is 16.2 Å². The molecule has 0 atom stereocenters. The number of halogens is 1. The molecule has 9 heteroatoms. The molecule has 0 spiro atoms. The van der Waals surface area contributed by atoms with E-state index < -0.39 is 19.9 Å². The quantitative estimate of drug-likeness (QED) is 0.222. The molecule has 2 heterocycles.